The second-order valence-electron chi connectivity index (χ2n) is 6.62. The van der Waals surface area contributed by atoms with Gasteiger partial charge in [0, 0.05) is 36.1 Å². The van der Waals surface area contributed by atoms with Crippen molar-refractivity contribution in [3.63, 3.8) is 0 Å². The molecule has 1 saturated carbocycles. The third-order valence-corrected chi connectivity index (χ3v) is 5.55. The van der Waals surface area contributed by atoms with Gasteiger partial charge in [-0.15, -0.1) is 0 Å². The molecule has 4 rings (SSSR count). The standard InChI is InChI=1S/C20H20BrNO4/c1-24-11-26-19-14(12-5-3-2-4-6-12)7-13(8-17(19)21)20(23)22-18-15-9-25-10-16(15)18/h2-8,15-16,18H,9-11H2,1H3,(H,22,23)/t15-,16+,18-. The maximum Gasteiger partial charge on any atom is 0.251 e. The Morgan fingerprint density at radius 2 is 1.96 bits per heavy atom. The highest BCUT2D eigenvalue weighted by Crippen LogP contribution is 2.44. The summed E-state index contributed by atoms with van der Waals surface area (Å²) in [6.07, 6.45) is 0. The molecule has 1 saturated heterocycles. The number of hydrogen-bond donors (Lipinski definition) is 1. The molecule has 6 heteroatoms. The van der Waals surface area contributed by atoms with Crippen molar-refractivity contribution < 1.29 is 19.0 Å². The summed E-state index contributed by atoms with van der Waals surface area (Å²) < 4.78 is 16.9. The normalized spacial score (nSPS) is 23.4. The summed E-state index contributed by atoms with van der Waals surface area (Å²) in [4.78, 5) is 12.7. The number of carbonyl (C=O) groups is 1. The highest BCUT2D eigenvalue weighted by Gasteiger charge is 2.54. The van der Waals surface area contributed by atoms with E-state index in [0.29, 0.717) is 23.1 Å². The van der Waals surface area contributed by atoms with E-state index in [1.807, 2.05) is 36.4 Å². The van der Waals surface area contributed by atoms with Crippen molar-refractivity contribution in [2.24, 2.45) is 11.8 Å². The van der Waals surface area contributed by atoms with Crippen molar-refractivity contribution in [3.05, 3.63) is 52.5 Å². The van der Waals surface area contributed by atoms with Crippen LogP contribution in [0, 0.1) is 11.8 Å². The molecule has 3 atom stereocenters. The highest BCUT2D eigenvalue weighted by atomic mass is 79.9. The number of benzene rings is 2. The summed E-state index contributed by atoms with van der Waals surface area (Å²) in [5.74, 6) is 1.53. The molecule has 0 bridgehead atoms. The Kier molecular flexibility index (Phi) is 4.98. The molecular weight excluding hydrogens is 398 g/mol. The minimum absolute atomic E-state index is 0.0689. The first-order valence-corrected chi connectivity index (χ1v) is 9.37. The number of hydrogen-bond acceptors (Lipinski definition) is 4. The first-order valence-electron chi connectivity index (χ1n) is 8.58. The van der Waals surface area contributed by atoms with Crippen LogP contribution < -0.4 is 10.1 Å². The Morgan fingerprint density at radius 1 is 1.23 bits per heavy atom. The molecule has 1 aliphatic heterocycles. The van der Waals surface area contributed by atoms with Crippen molar-refractivity contribution >= 4 is 21.8 Å². The van der Waals surface area contributed by atoms with E-state index in [1.165, 1.54) is 0 Å². The Balaban J connectivity index is 1.63. The van der Waals surface area contributed by atoms with Crippen LogP contribution in [0.2, 0.25) is 0 Å². The number of methoxy groups -OCH3 is 1. The molecule has 0 unspecified atom stereocenters. The largest absolute Gasteiger partial charge is 0.466 e. The lowest BCUT2D eigenvalue weighted by Gasteiger charge is -2.15. The molecule has 2 fully saturated rings. The van der Waals surface area contributed by atoms with Gasteiger partial charge in [0.2, 0.25) is 0 Å². The lowest BCUT2D eigenvalue weighted by Crippen LogP contribution is -2.30. The fourth-order valence-electron chi connectivity index (χ4n) is 3.51. The van der Waals surface area contributed by atoms with Gasteiger partial charge in [-0.25, -0.2) is 0 Å². The van der Waals surface area contributed by atoms with Crippen molar-refractivity contribution in [3.8, 4) is 16.9 Å². The lowest BCUT2D eigenvalue weighted by atomic mass is 10.0. The molecule has 0 spiro atoms. The van der Waals surface area contributed by atoms with Gasteiger partial charge in [0.15, 0.2) is 6.79 Å². The fraction of sp³-hybridized carbons (Fsp3) is 0.350. The topological polar surface area (TPSA) is 56.8 Å². The van der Waals surface area contributed by atoms with Gasteiger partial charge in [-0.1, -0.05) is 30.3 Å². The van der Waals surface area contributed by atoms with Crippen molar-refractivity contribution in [1.82, 2.24) is 5.32 Å². The summed E-state index contributed by atoms with van der Waals surface area (Å²) in [6.45, 7) is 1.63. The first-order chi connectivity index (χ1) is 12.7. The van der Waals surface area contributed by atoms with Gasteiger partial charge in [0.05, 0.1) is 17.7 Å². The third kappa shape index (κ3) is 3.37. The summed E-state index contributed by atoms with van der Waals surface area (Å²) in [5.41, 5.74) is 2.43. The average Bonchev–Trinajstić information content (AvgIpc) is 3.07. The highest BCUT2D eigenvalue weighted by molar-refractivity contribution is 9.10. The molecule has 0 aromatic heterocycles. The molecule has 1 heterocycles. The Labute approximate surface area is 160 Å². The number of ether oxygens (including phenoxy) is 3. The molecule has 5 nitrogen and oxygen atoms in total. The second kappa shape index (κ2) is 7.39. The number of halogens is 1. The Bertz CT molecular complexity index is 801. The molecule has 0 radical (unpaired) electrons. The predicted octanol–water partition coefficient (Wildman–Crippen LogP) is 3.47. The van der Waals surface area contributed by atoms with Gasteiger partial charge in [-0.2, -0.15) is 0 Å². The van der Waals surface area contributed by atoms with Gasteiger partial charge < -0.3 is 19.5 Å². The Morgan fingerprint density at radius 3 is 2.65 bits per heavy atom. The molecule has 2 aromatic carbocycles. The molecule has 26 heavy (non-hydrogen) atoms. The fourth-order valence-corrected chi connectivity index (χ4v) is 4.08. The van der Waals surface area contributed by atoms with E-state index < -0.39 is 0 Å². The minimum Gasteiger partial charge on any atom is -0.466 e. The van der Waals surface area contributed by atoms with Crippen LogP contribution in [-0.4, -0.2) is 39.1 Å². The van der Waals surface area contributed by atoms with Crippen LogP contribution in [0.4, 0.5) is 0 Å². The van der Waals surface area contributed by atoms with Gasteiger partial charge in [-0.05, 0) is 33.6 Å². The van der Waals surface area contributed by atoms with E-state index in [1.54, 1.807) is 13.2 Å². The monoisotopic (exact) mass is 417 g/mol. The van der Waals surface area contributed by atoms with Crippen LogP contribution >= 0.6 is 15.9 Å². The molecule has 1 N–H and O–H groups in total. The van der Waals surface area contributed by atoms with E-state index >= 15 is 0 Å². The van der Waals surface area contributed by atoms with Gasteiger partial charge in [0.25, 0.3) is 5.91 Å². The quantitative estimate of drug-likeness (QED) is 0.730. The summed E-state index contributed by atoms with van der Waals surface area (Å²) in [6, 6.07) is 13.8. The number of fused-ring (bicyclic) bond motifs is 1. The van der Waals surface area contributed by atoms with Crippen LogP contribution in [0.1, 0.15) is 10.4 Å². The molecule has 1 aliphatic carbocycles. The molecule has 1 amide bonds. The Hall–Kier alpha value is -1.89. The number of amides is 1. The van der Waals surface area contributed by atoms with Gasteiger partial charge >= 0.3 is 0 Å². The number of rotatable bonds is 6. The number of carbonyl (C=O) groups excluding carboxylic acids is 1. The maximum absolute atomic E-state index is 12.7. The zero-order valence-corrected chi connectivity index (χ0v) is 16.0. The van der Waals surface area contributed by atoms with Crippen molar-refractivity contribution in [2.45, 2.75) is 6.04 Å². The van der Waals surface area contributed by atoms with Gasteiger partial charge in [-0.3, -0.25) is 4.79 Å². The van der Waals surface area contributed by atoms with Crippen LogP contribution in [-0.2, 0) is 9.47 Å². The van der Waals surface area contributed by atoms with E-state index in [2.05, 4.69) is 21.2 Å². The van der Waals surface area contributed by atoms with Gasteiger partial charge in [0.1, 0.15) is 5.75 Å². The minimum atomic E-state index is -0.0689. The zero-order chi connectivity index (χ0) is 18.1. The van der Waals surface area contributed by atoms with Crippen molar-refractivity contribution in [2.75, 3.05) is 27.1 Å². The van der Waals surface area contributed by atoms with E-state index in [0.717, 1.165) is 28.8 Å². The first kappa shape index (κ1) is 17.5. The predicted molar refractivity (Wildman–Crippen MR) is 101 cm³/mol. The molecule has 136 valence electrons. The van der Waals surface area contributed by atoms with Crippen LogP contribution in [0.25, 0.3) is 11.1 Å². The summed E-state index contributed by atoms with van der Waals surface area (Å²) in [5, 5.41) is 3.14. The molecule has 2 aromatic rings. The third-order valence-electron chi connectivity index (χ3n) is 4.96. The lowest BCUT2D eigenvalue weighted by molar-refractivity contribution is 0.0510. The average molecular weight is 418 g/mol. The van der Waals surface area contributed by atoms with E-state index in [4.69, 9.17) is 14.2 Å². The zero-order valence-electron chi connectivity index (χ0n) is 14.4. The second-order valence-corrected chi connectivity index (χ2v) is 7.47. The molecule has 2 aliphatic rings. The molecular formula is C20H20BrNO4. The number of nitrogens with one attached hydrogen (secondary N) is 1. The maximum atomic E-state index is 12.7. The summed E-state index contributed by atoms with van der Waals surface area (Å²) >= 11 is 3.54. The summed E-state index contributed by atoms with van der Waals surface area (Å²) in [7, 11) is 1.58. The van der Waals surface area contributed by atoms with E-state index in [9.17, 15) is 4.79 Å². The van der Waals surface area contributed by atoms with Crippen LogP contribution in [0.3, 0.4) is 0 Å². The SMILES string of the molecule is COCOc1c(Br)cc(C(=O)N[C@@H]2[C@@H]3COC[C@@H]32)cc1-c1ccccc1. The smallest absolute Gasteiger partial charge is 0.251 e. The van der Waals surface area contributed by atoms with E-state index in [-0.39, 0.29) is 18.7 Å². The van der Waals surface area contributed by atoms with Crippen LogP contribution in [0.15, 0.2) is 46.9 Å². The van der Waals surface area contributed by atoms with Crippen LogP contribution in [0.5, 0.6) is 5.75 Å². The van der Waals surface area contributed by atoms with Crippen molar-refractivity contribution in [1.29, 1.82) is 0 Å².